The normalized spacial score (nSPS) is 8.17. The molecule has 2 nitrogen and oxygen atoms in total. The molecule has 3 heteroatoms. The van der Waals surface area contributed by atoms with Crippen LogP contribution < -0.4 is 5.73 Å². The Labute approximate surface area is 40.1 Å². The first-order valence-corrected chi connectivity index (χ1v) is 2.41. The van der Waals surface area contributed by atoms with Crippen LogP contribution in [0.5, 0.6) is 0 Å². The molecule has 0 atom stereocenters. The van der Waals surface area contributed by atoms with Gasteiger partial charge in [-0.2, -0.15) is 0 Å². The number of carbonyl (C=O) groups is 1. The number of carbonyl (C=O) groups excluding carboxylic acids is 1. The van der Waals surface area contributed by atoms with E-state index in [1.165, 1.54) is 0 Å². The molecule has 0 aromatic carbocycles. The van der Waals surface area contributed by atoms with Crippen LogP contribution in [-0.4, -0.2) is 16.1 Å². The summed E-state index contributed by atoms with van der Waals surface area (Å²) in [4.78, 5) is 9.79. The van der Waals surface area contributed by atoms with Crippen molar-refractivity contribution in [2.24, 2.45) is 5.73 Å². The van der Waals surface area contributed by atoms with Crippen LogP contribution in [0.1, 0.15) is 6.42 Å². The molecule has 0 rings (SSSR count). The van der Waals surface area contributed by atoms with Crippen LogP contribution >= 0.6 is 0 Å². The number of rotatable bonds is 2. The summed E-state index contributed by atoms with van der Waals surface area (Å²) in [6.45, 7) is 0. The summed E-state index contributed by atoms with van der Waals surface area (Å²) in [5.74, 6) is -0.259. The van der Waals surface area contributed by atoms with Crippen molar-refractivity contribution in [2.45, 2.75) is 12.5 Å². The Morgan fingerprint density at radius 2 is 2.33 bits per heavy atom. The summed E-state index contributed by atoms with van der Waals surface area (Å²) in [6.07, 6.45) is 0.427. The first-order chi connectivity index (χ1) is 2.77. The Bertz CT molecular complexity index is 54.8. The minimum absolute atomic E-state index is 0.259. The monoisotopic (exact) mass is 100 g/mol. The fraction of sp³-hybridized carbons (Fsp3) is 0.667. The van der Waals surface area contributed by atoms with Crippen molar-refractivity contribution in [1.82, 2.24) is 0 Å². The molecule has 0 unspecified atom stereocenters. The molecule has 0 aliphatic rings. The average molecular weight is 100 g/mol. The number of primary amides is 1. The van der Waals surface area contributed by atoms with Gasteiger partial charge in [-0.1, -0.05) is 6.04 Å². The van der Waals surface area contributed by atoms with Gasteiger partial charge in [0.2, 0.25) is 5.91 Å². The maximum atomic E-state index is 9.79. The van der Waals surface area contributed by atoms with E-state index in [1.807, 2.05) is 0 Å². The van der Waals surface area contributed by atoms with Gasteiger partial charge in [-0.25, -0.2) is 0 Å². The van der Waals surface area contributed by atoms with Crippen molar-refractivity contribution in [1.29, 1.82) is 0 Å². The molecule has 0 aliphatic heterocycles. The van der Waals surface area contributed by atoms with E-state index in [2.05, 4.69) is 10.2 Å². The number of hydrogen-bond donors (Lipinski definition) is 1. The third-order valence-electron chi connectivity index (χ3n) is 0.371. The zero-order chi connectivity index (χ0) is 4.99. The SMILES string of the molecule is NC(=O)CC[Si]. The van der Waals surface area contributed by atoms with E-state index in [0.717, 1.165) is 0 Å². The van der Waals surface area contributed by atoms with E-state index in [9.17, 15) is 4.79 Å². The molecule has 0 bridgehead atoms. The molecule has 0 saturated carbocycles. The van der Waals surface area contributed by atoms with Crippen LogP contribution in [0.2, 0.25) is 6.04 Å². The smallest absolute Gasteiger partial charge is 0.217 e. The van der Waals surface area contributed by atoms with Gasteiger partial charge in [0.25, 0.3) is 0 Å². The molecule has 33 valence electrons. The lowest BCUT2D eigenvalue weighted by molar-refractivity contribution is -0.117. The van der Waals surface area contributed by atoms with Crippen LogP contribution in [-0.2, 0) is 4.79 Å². The van der Waals surface area contributed by atoms with E-state index in [1.54, 1.807) is 0 Å². The van der Waals surface area contributed by atoms with Gasteiger partial charge < -0.3 is 5.73 Å². The molecular weight excluding hydrogens is 94.1 g/mol. The maximum Gasteiger partial charge on any atom is 0.217 e. The largest absolute Gasteiger partial charge is 0.370 e. The highest BCUT2D eigenvalue weighted by Crippen LogP contribution is 1.77. The van der Waals surface area contributed by atoms with E-state index >= 15 is 0 Å². The quantitative estimate of drug-likeness (QED) is 0.465. The molecular formula is C3H6NOSi. The molecule has 0 heterocycles. The van der Waals surface area contributed by atoms with Gasteiger partial charge in [0.15, 0.2) is 0 Å². The molecule has 3 radical (unpaired) electrons. The first-order valence-electron chi connectivity index (χ1n) is 1.70. The fourth-order valence-corrected chi connectivity index (χ4v) is 0.370. The van der Waals surface area contributed by atoms with Gasteiger partial charge >= 0.3 is 0 Å². The lowest BCUT2D eigenvalue weighted by atomic mass is 10.5. The van der Waals surface area contributed by atoms with Crippen LogP contribution in [0.3, 0.4) is 0 Å². The summed E-state index contributed by atoms with van der Waals surface area (Å²) in [5, 5.41) is 0. The first kappa shape index (κ1) is 5.69. The molecule has 0 aromatic heterocycles. The third-order valence-corrected chi connectivity index (χ3v) is 0.621. The van der Waals surface area contributed by atoms with Gasteiger partial charge in [0, 0.05) is 16.7 Å². The molecule has 0 spiro atoms. The third kappa shape index (κ3) is 3.69. The molecule has 6 heavy (non-hydrogen) atoms. The molecule has 2 N–H and O–H groups in total. The van der Waals surface area contributed by atoms with Gasteiger partial charge in [-0.05, 0) is 0 Å². The van der Waals surface area contributed by atoms with Crippen molar-refractivity contribution in [3.8, 4) is 0 Å². The standard InChI is InChI=1S/C3H6NOSi/c4-3(5)1-2-6/h1-2H2,(H2,4,5). The summed E-state index contributed by atoms with van der Waals surface area (Å²) >= 11 is 0. The van der Waals surface area contributed by atoms with Crippen LogP contribution in [0.4, 0.5) is 0 Å². The molecule has 0 aromatic rings. The minimum Gasteiger partial charge on any atom is -0.370 e. The Kier molecular flexibility index (Phi) is 2.75. The summed E-state index contributed by atoms with van der Waals surface area (Å²) < 4.78 is 0. The highest BCUT2D eigenvalue weighted by molar-refractivity contribution is 6.09. The second kappa shape index (κ2) is 2.90. The van der Waals surface area contributed by atoms with Crippen LogP contribution in [0.15, 0.2) is 0 Å². The lowest BCUT2D eigenvalue weighted by Crippen LogP contribution is -2.08. The number of hydrogen-bond acceptors (Lipinski definition) is 1. The zero-order valence-corrected chi connectivity index (χ0v) is 4.40. The van der Waals surface area contributed by atoms with Crippen molar-refractivity contribution in [3.63, 3.8) is 0 Å². The molecule has 0 fully saturated rings. The fourth-order valence-electron chi connectivity index (χ4n) is 0.123. The van der Waals surface area contributed by atoms with Crippen molar-refractivity contribution < 1.29 is 4.79 Å². The second-order valence-corrected chi connectivity index (χ2v) is 1.47. The van der Waals surface area contributed by atoms with Crippen LogP contribution in [0.25, 0.3) is 0 Å². The predicted molar refractivity (Wildman–Crippen MR) is 24.4 cm³/mol. The highest BCUT2D eigenvalue weighted by Gasteiger charge is 1.84. The van der Waals surface area contributed by atoms with Crippen molar-refractivity contribution in [2.75, 3.05) is 0 Å². The average Bonchev–Trinajstić information content (AvgIpc) is 1.35. The van der Waals surface area contributed by atoms with Gasteiger partial charge in [0.05, 0.1) is 0 Å². The van der Waals surface area contributed by atoms with Gasteiger partial charge in [-0.3, -0.25) is 4.79 Å². The number of amides is 1. The Morgan fingerprint density at radius 1 is 1.83 bits per heavy atom. The van der Waals surface area contributed by atoms with Crippen molar-refractivity contribution >= 4 is 16.1 Å². The van der Waals surface area contributed by atoms with E-state index in [0.29, 0.717) is 12.5 Å². The highest BCUT2D eigenvalue weighted by atomic mass is 28.1. The summed E-state index contributed by atoms with van der Waals surface area (Å²) in [6, 6.07) is 0.662. The Balaban J connectivity index is 2.83. The predicted octanol–water partition coefficient (Wildman–Crippen LogP) is -0.551. The Hall–Kier alpha value is -0.313. The molecule has 1 amide bonds. The topological polar surface area (TPSA) is 43.1 Å². The molecule has 0 aliphatic carbocycles. The number of nitrogens with two attached hydrogens (primary N) is 1. The van der Waals surface area contributed by atoms with Crippen LogP contribution in [0, 0.1) is 0 Å². The summed E-state index contributed by atoms with van der Waals surface area (Å²) in [5.41, 5.74) is 4.73. The maximum absolute atomic E-state index is 9.79. The van der Waals surface area contributed by atoms with E-state index < -0.39 is 0 Å². The molecule has 0 saturated heterocycles. The van der Waals surface area contributed by atoms with Crippen molar-refractivity contribution in [3.05, 3.63) is 0 Å². The van der Waals surface area contributed by atoms with Gasteiger partial charge in [-0.15, -0.1) is 0 Å². The summed E-state index contributed by atoms with van der Waals surface area (Å²) in [7, 11) is 3.09. The minimum atomic E-state index is -0.259. The lowest BCUT2D eigenvalue weighted by Gasteiger charge is -1.81. The zero-order valence-electron chi connectivity index (χ0n) is 3.40. The second-order valence-electron chi connectivity index (χ2n) is 0.966. The van der Waals surface area contributed by atoms with E-state index in [-0.39, 0.29) is 5.91 Å². The van der Waals surface area contributed by atoms with E-state index in [4.69, 9.17) is 5.73 Å². The van der Waals surface area contributed by atoms with Gasteiger partial charge in [0.1, 0.15) is 0 Å². The Morgan fingerprint density at radius 3 is 2.33 bits per heavy atom.